The van der Waals surface area contributed by atoms with Crippen molar-refractivity contribution >= 4 is 11.6 Å². The second kappa shape index (κ2) is 10.0. The van der Waals surface area contributed by atoms with Crippen LogP contribution in [0.5, 0.6) is 0 Å². The molecule has 2 aromatic rings. The van der Waals surface area contributed by atoms with Crippen molar-refractivity contribution in [1.29, 1.82) is 0 Å². The number of rotatable bonds is 9. The molecule has 1 aromatic carbocycles. The molecule has 7 heteroatoms. The molecule has 0 bridgehead atoms. The van der Waals surface area contributed by atoms with E-state index in [0.29, 0.717) is 24.7 Å². The van der Waals surface area contributed by atoms with Crippen molar-refractivity contribution in [2.24, 2.45) is 0 Å². The molecular formula is C19H27ClN4O2. The summed E-state index contributed by atoms with van der Waals surface area (Å²) in [5.41, 5.74) is 1.01. The van der Waals surface area contributed by atoms with Crippen molar-refractivity contribution in [3.05, 3.63) is 46.6 Å². The van der Waals surface area contributed by atoms with Gasteiger partial charge in [0.2, 0.25) is 5.89 Å². The van der Waals surface area contributed by atoms with Crippen LogP contribution in [0, 0.1) is 0 Å². The first-order chi connectivity index (χ1) is 12.7. The predicted octanol–water partition coefficient (Wildman–Crippen LogP) is 2.86. The minimum Gasteiger partial charge on any atom is -0.379 e. The molecule has 2 heterocycles. The van der Waals surface area contributed by atoms with Gasteiger partial charge in [-0.25, -0.2) is 0 Å². The fourth-order valence-electron chi connectivity index (χ4n) is 3.09. The molecule has 0 unspecified atom stereocenters. The Morgan fingerprint density at radius 1 is 1.19 bits per heavy atom. The largest absolute Gasteiger partial charge is 0.379 e. The van der Waals surface area contributed by atoms with E-state index in [1.165, 1.54) is 6.42 Å². The van der Waals surface area contributed by atoms with Gasteiger partial charge in [0.05, 0.1) is 19.8 Å². The van der Waals surface area contributed by atoms with Gasteiger partial charge in [-0.2, -0.15) is 4.98 Å². The maximum atomic E-state index is 6.19. The van der Waals surface area contributed by atoms with E-state index in [9.17, 15) is 0 Å². The fourth-order valence-corrected chi connectivity index (χ4v) is 3.29. The van der Waals surface area contributed by atoms with Crippen LogP contribution in [0.1, 0.15) is 30.1 Å². The van der Waals surface area contributed by atoms with E-state index in [2.05, 4.69) is 27.0 Å². The second-order valence-electron chi connectivity index (χ2n) is 6.77. The van der Waals surface area contributed by atoms with E-state index in [1.807, 2.05) is 24.3 Å². The lowest BCUT2D eigenvalue weighted by molar-refractivity contribution is 0.0369. The van der Waals surface area contributed by atoms with Crippen molar-refractivity contribution < 1.29 is 9.26 Å². The van der Waals surface area contributed by atoms with Crippen molar-refractivity contribution in [1.82, 2.24) is 19.9 Å². The van der Waals surface area contributed by atoms with Gasteiger partial charge in [0, 0.05) is 24.5 Å². The van der Waals surface area contributed by atoms with Gasteiger partial charge in [0.25, 0.3) is 0 Å². The smallest absolute Gasteiger partial charge is 0.240 e. The van der Waals surface area contributed by atoms with Crippen molar-refractivity contribution in [2.45, 2.75) is 25.8 Å². The van der Waals surface area contributed by atoms with Gasteiger partial charge >= 0.3 is 0 Å². The van der Waals surface area contributed by atoms with Crippen molar-refractivity contribution in [3.63, 3.8) is 0 Å². The number of unbranched alkanes of at least 4 members (excludes halogenated alkanes) is 1. The number of hydrogen-bond donors (Lipinski definition) is 0. The molecule has 26 heavy (non-hydrogen) atoms. The lowest BCUT2D eigenvalue weighted by Crippen LogP contribution is -2.37. The van der Waals surface area contributed by atoms with Crippen LogP contribution < -0.4 is 0 Å². The highest BCUT2D eigenvalue weighted by molar-refractivity contribution is 6.31. The molecule has 0 N–H and O–H groups in total. The van der Waals surface area contributed by atoms with Crippen LogP contribution in [0.4, 0.5) is 0 Å². The van der Waals surface area contributed by atoms with E-state index in [-0.39, 0.29) is 0 Å². The minimum absolute atomic E-state index is 0.590. The van der Waals surface area contributed by atoms with Gasteiger partial charge in [0.15, 0.2) is 5.82 Å². The number of morpholine rings is 1. The molecule has 0 spiro atoms. The summed E-state index contributed by atoms with van der Waals surface area (Å²) in [6, 6.07) is 7.75. The van der Waals surface area contributed by atoms with Crippen LogP contribution in [-0.2, 0) is 17.7 Å². The molecule has 0 saturated carbocycles. The van der Waals surface area contributed by atoms with Crippen LogP contribution in [-0.4, -0.2) is 66.4 Å². The molecular weight excluding hydrogens is 352 g/mol. The lowest BCUT2D eigenvalue weighted by Gasteiger charge is -2.26. The summed E-state index contributed by atoms with van der Waals surface area (Å²) in [5.74, 6) is 1.33. The van der Waals surface area contributed by atoms with Crippen molar-refractivity contribution in [2.75, 3.05) is 46.4 Å². The summed E-state index contributed by atoms with van der Waals surface area (Å²) in [6.45, 7) is 6.71. The zero-order valence-electron chi connectivity index (χ0n) is 15.4. The van der Waals surface area contributed by atoms with Gasteiger partial charge < -0.3 is 9.26 Å². The molecule has 0 atom stereocenters. The molecule has 0 radical (unpaired) electrons. The zero-order chi connectivity index (χ0) is 18.2. The van der Waals surface area contributed by atoms with Crippen molar-refractivity contribution in [3.8, 4) is 0 Å². The van der Waals surface area contributed by atoms with E-state index < -0.39 is 0 Å². The first kappa shape index (κ1) is 19.3. The normalized spacial score (nSPS) is 15.7. The minimum atomic E-state index is 0.590. The third kappa shape index (κ3) is 6.06. The Labute approximate surface area is 160 Å². The molecule has 1 fully saturated rings. The van der Waals surface area contributed by atoms with Crippen LogP contribution in [0.15, 0.2) is 28.8 Å². The van der Waals surface area contributed by atoms with Gasteiger partial charge in [-0.05, 0) is 44.6 Å². The molecule has 142 valence electrons. The van der Waals surface area contributed by atoms with Crippen LogP contribution in [0.3, 0.4) is 0 Å². The Bertz CT molecular complexity index is 673. The Balaban J connectivity index is 1.37. The highest BCUT2D eigenvalue weighted by Gasteiger charge is 2.12. The predicted molar refractivity (Wildman–Crippen MR) is 101 cm³/mol. The summed E-state index contributed by atoms with van der Waals surface area (Å²) < 4.78 is 10.8. The highest BCUT2D eigenvalue weighted by atomic mass is 35.5. The summed E-state index contributed by atoms with van der Waals surface area (Å²) in [4.78, 5) is 9.19. The molecule has 1 aromatic heterocycles. The summed E-state index contributed by atoms with van der Waals surface area (Å²) in [5, 5.41) is 4.81. The second-order valence-corrected chi connectivity index (χ2v) is 7.18. The zero-order valence-corrected chi connectivity index (χ0v) is 16.1. The fraction of sp³-hybridized carbons (Fsp3) is 0.579. The number of benzene rings is 1. The van der Waals surface area contributed by atoms with E-state index >= 15 is 0 Å². The Morgan fingerprint density at radius 3 is 2.81 bits per heavy atom. The van der Waals surface area contributed by atoms with Gasteiger partial charge in [0.1, 0.15) is 0 Å². The first-order valence-corrected chi connectivity index (χ1v) is 9.62. The van der Waals surface area contributed by atoms with Gasteiger partial charge in [-0.1, -0.05) is 35.0 Å². The van der Waals surface area contributed by atoms with Gasteiger partial charge in [-0.3, -0.25) is 9.80 Å². The molecule has 0 aliphatic carbocycles. The monoisotopic (exact) mass is 378 g/mol. The molecule has 1 aliphatic rings. The third-order valence-corrected chi connectivity index (χ3v) is 4.96. The van der Waals surface area contributed by atoms with E-state index in [1.54, 1.807) is 0 Å². The van der Waals surface area contributed by atoms with Crippen LogP contribution in [0.25, 0.3) is 0 Å². The lowest BCUT2D eigenvalue weighted by atomic mass is 10.1. The number of nitrogens with zero attached hydrogens (tertiary/aromatic N) is 4. The quantitative estimate of drug-likeness (QED) is 0.625. The Kier molecular flexibility index (Phi) is 7.43. The maximum absolute atomic E-state index is 6.19. The summed E-state index contributed by atoms with van der Waals surface area (Å²) in [7, 11) is 2.09. The van der Waals surface area contributed by atoms with Crippen LogP contribution >= 0.6 is 11.6 Å². The molecule has 1 aliphatic heterocycles. The van der Waals surface area contributed by atoms with E-state index in [0.717, 1.165) is 56.4 Å². The highest BCUT2D eigenvalue weighted by Crippen LogP contribution is 2.17. The van der Waals surface area contributed by atoms with Gasteiger partial charge in [-0.15, -0.1) is 0 Å². The Hall–Kier alpha value is -1.47. The maximum Gasteiger partial charge on any atom is 0.240 e. The molecule has 3 rings (SSSR count). The van der Waals surface area contributed by atoms with E-state index in [4.69, 9.17) is 20.9 Å². The topological polar surface area (TPSA) is 54.6 Å². The summed E-state index contributed by atoms with van der Waals surface area (Å²) in [6.07, 6.45) is 2.95. The molecule has 0 amide bonds. The molecule has 1 saturated heterocycles. The first-order valence-electron chi connectivity index (χ1n) is 9.24. The molecule has 6 nitrogen and oxygen atoms in total. The Morgan fingerprint density at radius 2 is 2.00 bits per heavy atom. The number of hydrogen-bond acceptors (Lipinski definition) is 6. The standard InChI is InChI=1S/C19H27ClN4O2/c1-23(8-4-5-9-24-10-12-25-13-11-24)15-19-21-18(22-26-19)14-16-6-2-3-7-17(16)20/h2-3,6-7H,4-5,8-15H2,1H3. The third-order valence-electron chi connectivity index (χ3n) is 4.59. The van der Waals surface area contributed by atoms with Crippen LogP contribution in [0.2, 0.25) is 5.02 Å². The summed E-state index contributed by atoms with van der Waals surface area (Å²) >= 11 is 6.19. The number of ether oxygens (including phenoxy) is 1. The number of aromatic nitrogens is 2. The average molecular weight is 379 g/mol. The SMILES string of the molecule is CN(CCCCN1CCOCC1)Cc1nc(Cc2ccccc2Cl)no1. The number of halogens is 1. The average Bonchev–Trinajstić information content (AvgIpc) is 3.08.